The molecule has 1 saturated heterocycles. The van der Waals surface area contributed by atoms with E-state index in [0.717, 1.165) is 31.9 Å². The first-order valence-electron chi connectivity index (χ1n) is 6.32. The molecule has 100 valence electrons. The molecule has 1 fully saturated rings. The van der Waals surface area contributed by atoms with E-state index in [4.69, 9.17) is 0 Å². The van der Waals surface area contributed by atoms with Crippen LogP contribution < -0.4 is 10.6 Å². The van der Waals surface area contributed by atoms with Gasteiger partial charge >= 0.3 is 0 Å². The zero-order valence-corrected chi connectivity index (χ0v) is 11.0. The lowest BCUT2D eigenvalue weighted by atomic mass is 10.1. The number of nitrogens with zero attached hydrogens (tertiary/aromatic N) is 2. The SMILES string of the molecule is O=S1(=O)CC[C@H](NC[C@H]2CNc3ccnn3C2)C1. The van der Waals surface area contributed by atoms with Crippen LogP contribution in [0.3, 0.4) is 0 Å². The highest BCUT2D eigenvalue weighted by Gasteiger charge is 2.28. The predicted molar refractivity (Wildman–Crippen MR) is 69.3 cm³/mol. The summed E-state index contributed by atoms with van der Waals surface area (Å²) in [6.07, 6.45) is 2.54. The van der Waals surface area contributed by atoms with Gasteiger partial charge in [-0.1, -0.05) is 0 Å². The number of aromatic nitrogens is 2. The minimum Gasteiger partial charge on any atom is -0.370 e. The average Bonchev–Trinajstić information content (AvgIpc) is 2.92. The fourth-order valence-corrected chi connectivity index (χ4v) is 4.32. The molecule has 0 saturated carbocycles. The van der Waals surface area contributed by atoms with E-state index in [1.165, 1.54) is 0 Å². The fourth-order valence-electron chi connectivity index (χ4n) is 2.61. The molecule has 0 aromatic carbocycles. The van der Waals surface area contributed by atoms with Crippen LogP contribution in [0.4, 0.5) is 5.82 Å². The number of hydrogen-bond donors (Lipinski definition) is 2. The van der Waals surface area contributed by atoms with Gasteiger partial charge in [0.1, 0.15) is 5.82 Å². The van der Waals surface area contributed by atoms with E-state index in [9.17, 15) is 8.42 Å². The number of sulfone groups is 1. The van der Waals surface area contributed by atoms with Gasteiger partial charge in [-0.25, -0.2) is 13.1 Å². The Morgan fingerprint density at radius 3 is 3.22 bits per heavy atom. The highest BCUT2D eigenvalue weighted by Crippen LogP contribution is 2.17. The molecule has 1 aromatic rings. The van der Waals surface area contributed by atoms with Gasteiger partial charge < -0.3 is 10.6 Å². The maximum atomic E-state index is 11.4. The molecule has 2 aliphatic rings. The fraction of sp³-hybridized carbons (Fsp3) is 0.727. The maximum absolute atomic E-state index is 11.4. The number of rotatable bonds is 3. The van der Waals surface area contributed by atoms with E-state index in [0.29, 0.717) is 17.4 Å². The Balaban J connectivity index is 1.51. The van der Waals surface area contributed by atoms with Crippen LogP contribution in [0.15, 0.2) is 12.3 Å². The van der Waals surface area contributed by atoms with Crippen molar-refractivity contribution in [1.82, 2.24) is 15.1 Å². The second kappa shape index (κ2) is 4.55. The average molecular weight is 270 g/mol. The number of fused-ring (bicyclic) bond motifs is 1. The second-order valence-electron chi connectivity index (χ2n) is 5.15. The highest BCUT2D eigenvalue weighted by molar-refractivity contribution is 7.91. The smallest absolute Gasteiger partial charge is 0.151 e. The molecule has 1 aromatic heterocycles. The van der Waals surface area contributed by atoms with E-state index in [1.807, 2.05) is 10.7 Å². The third-order valence-electron chi connectivity index (χ3n) is 3.65. The van der Waals surface area contributed by atoms with Gasteiger partial charge in [0.05, 0.1) is 17.7 Å². The molecule has 6 nitrogen and oxygen atoms in total. The molecule has 0 unspecified atom stereocenters. The molecule has 2 aliphatic heterocycles. The van der Waals surface area contributed by atoms with Crippen molar-refractivity contribution in [2.45, 2.75) is 19.0 Å². The summed E-state index contributed by atoms with van der Waals surface area (Å²) < 4.78 is 24.7. The molecule has 2 atom stereocenters. The minimum absolute atomic E-state index is 0.133. The predicted octanol–water partition coefficient (Wildman–Crippen LogP) is -0.298. The van der Waals surface area contributed by atoms with E-state index < -0.39 is 9.84 Å². The van der Waals surface area contributed by atoms with Gasteiger partial charge in [0.25, 0.3) is 0 Å². The van der Waals surface area contributed by atoms with Crippen molar-refractivity contribution in [3.8, 4) is 0 Å². The van der Waals surface area contributed by atoms with Crippen molar-refractivity contribution < 1.29 is 8.42 Å². The van der Waals surface area contributed by atoms with E-state index in [1.54, 1.807) is 6.20 Å². The van der Waals surface area contributed by atoms with Gasteiger partial charge in [-0.15, -0.1) is 0 Å². The lowest BCUT2D eigenvalue weighted by molar-refractivity contribution is 0.375. The Morgan fingerprint density at radius 1 is 1.56 bits per heavy atom. The second-order valence-corrected chi connectivity index (χ2v) is 7.38. The van der Waals surface area contributed by atoms with Crippen molar-refractivity contribution in [2.75, 3.05) is 29.9 Å². The molecular weight excluding hydrogens is 252 g/mol. The first kappa shape index (κ1) is 12.0. The van der Waals surface area contributed by atoms with Gasteiger partial charge in [0, 0.05) is 37.7 Å². The van der Waals surface area contributed by atoms with Gasteiger partial charge in [0.2, 0.25) is 0 Å². The molecule has 0 amide bonds. The molecule has 18 heavy (non-hydrogen) atoms. The van der Waals surface area contributed by atoms with Crippen LogP contribution in [0.2, 0.25) is 0 Å². The Hall–Kier alpha value is -1.08. The zero-order chi connectivity index (χ0) is 12.6. The molecule has 3 rings (SSSR count). The molecule has 0 bridgehead atoms. The molecule has 0 radical (unpaired) electrons. The largest absolute Gasteiger partial charge is 0.370 e. The van der Waals surface area contributed by atoms with Crippen LogP contribution in [-0.4, -0.2) is 48.8 Å². The Labute approximate surface area is 107 Å². The van der Waals surface area contributed by atoms with Crippen molar-refractivity contribution in [2.24, 2.45) is 5.92 Å². The molecule has 7 heteroatoms. The normalized spacial score (nSPS) is 29.8. The first-order chi connectivity index (χ1) is 8.62. The molecule has 0 spiro atoms. The number of anilines is 1. The van der Waals surface area contributed by atoms with Gasteiger partial charge in [-0.3, -0.25) is 0 Å². The van der Waals surface area contributed by atoms with Gasteiger partial charge in [-0.2, -0.15) is 5.10 Å². The number of hydrogen-bond acceptors (Lipinski definition) is 5. The van der Waals surface area contributed by atoms with Crippen LogP contribution in [0.5, 0.6) is 0 Å². The third kappa shape index (κ3) is 2.51. The molecule has 2 N–H and O–H groups in total. The standard InChI is InChI=1S/C11H18N4O2S/c16-18(17)4-2-10(8-18)12-5-9-6-13-11-1-3-14-15(11)7-9/h1,3,9-10,12-13H,2,4-8H2/t9-,10-/m0/s1. The lowest BCUT2D eigenvalue weighted by Crippen LogP contribution is -2.40. The summed E-state index contributed by atoms with van der Waals surface area (Å²) in [6.45, 7) is 2.65. The Morgan fingerprint density at radius 2 is 2.44 bits per heavy atom. The molecule has 3 heterocycles. The van der Waals surface area contributed by atoms with Crippen LogP contribution in [0.25, 0.3) is 0 Å². The van der Waals surface area contributed by atoms with E-state index >= 15 is 0 Å². The lowest BCUT2D eigenvalue weighted by Gasteiger charge is -2.26. The summed E-state index contributed by atoms with van der Waals surface area (Å²) in [4.78, 5) is 0. The van der Waals surface area contributed by atoms with Gasteiger partial charge in [0.15, 0.2) is 9.84 Å². The van der Waals surface area contributed by atoms with Crippen molar-refractivity contribution in [3.63, 3.8) is 0 Å². The summed E-state index contributed by atoms with van der Waals surface area (Å²) in [5, 5.41) is 10.9. The number of nitrogens with one attached hydrogen (secondary N) is 2. The van der Waals surface area contributed by atoms with E-state index in [-0.39, 0.29) is 6.04 Å². The van der Waals surface area contributed by atoms with Crippen molar-refractivity contribution in [3.05, 3.63) is 12.3 Å². The monoisotopic (exact) mass is 270 g/mol. The summed E-state index contributed by atoms with van der Waals surface area (Å²) in [5.74, 6) is 2.15. The summed E-state index contributed by atoms with van der Waals surface area (Å²) in [5.41, 5.74) is 0. The van der Waals surface area contributed by atoms with E-state index in [2.05, 4.69) is 15.7 Å². The quantitative estimate of drug-likeness (QED) is 0.789. The summed E-state index contributed by atoms with van der Waals surface area (Å²) in [6, 6.07) is 2.10. The van der Waals surface area contributed by atoms with Crippen molar-refractivity contribution in [1.29, 1.82) is 0 Å². The molecule has 0 aliphatic carbocycles. The van der Waals surface area contributed by atoms with Gasteiger partial charge in [-0.05, 0) is 6.42 Å². The summed E-state index contributed by atoms with van der Waals surface area (Å²) >= 11 is 0. The minimum atomic E-state index is -2.78. The third-order valence-corrected chi connectivity index (χ3v) is 5.42. The van der Waals surface area contributed by atoms with Crippen LogP contribution in [0, 0.1) is 5.92 Å². The van der Waals surface area contributed by atoms with Crippen molar-refractivity contribution >= 4 is 15.7 Å². The first-order valence-corrected chi connectivity index (χ1v) is 8.14. The zero-order valence-electron chi connectivity index (χ0n) is 10.2. The van der Waals surface area contributed by atoms with Crippen LogP contribution in [0.1, 0.15) is 6.42 Å². The van der Waals surface area contributed by atoms with Crippen LogP contribution in [-0.2, 0) is 16.4 Å². The van der Waals surface area contributed by atoms with Crippen LogP contribution >= 0.6 is 0 Å². The maximum Gasteiger partial charge on any atom is 0.151 e. The Bertz CT molecular complexity index is 525. The molecular formula is C11H18N4O2S. The highest BCUT2D eigenvalue weighted by atomic mass is 32.2. The Kier molecular flexibility index (Phi) is 3.03. The summed E-state index contributed by atoms with van der Waals surface area (Å²) in [7, 11) is -2.78. The topological polar surface area (TPSA) is 76.0 Å².